The van der Waals surface area contributed by atoms with Gasteiger partial charge in [0, 0.05) is 40.0 Å². The molecule has 0 bridgehead atoms. The van der Waals surface area contributed by atoms with Crippen molar-refractivity contribution in [3.05, 3.63) is 58.4 Å². The average Bonchev–Trinajstić information content (AvgIpc) is 2.87. The number of alkyl halides is 3. The van der Waals surface area contributed by atoms with Gasteiger partial charge in [-0.3, -0.25) is 9.59 Å². The average molecular weight is 396 g/mol. The van der Waals surface area contributed by atoms with Crippen molar-refractivity contribution in [2.75, 3.05) is 7.11 Å². The van der Waals surface area contributed by atoms with Gasteiger partial charge in [0.25, 0.3) is 5.56 Å². The molecule has 2 heterocycles. The summed E-state index contributed by atoms with van der Waals surface area (Å²) >= 11 is 0. The molecule has 3 aromatic rings. The molecule has 0 atom stereocenters. The van der Waals surface area contributed by atoms with Crippen LogP contribution in [0.3, 0.4) is 0 Å². The van der Waals surface area contributed by atoms with Crippen LogP contribution in [-0.4, -0.2) is 28.4 Å². The van der Waals surface area contributed by atoms with Crippen molar-refractivity contribution in [2.24, 2.45) is 0 Å². The summed E-state index contributed by atoms with van der Waals surface area (Å²) in [6.45, 7) is 0.0793. The monoisotopic (exact) mass is 396 g/mol. The van der Waals surface area contributed by atoms with Crippen molar-refractivity contribution in [3.8, 4) is 11.1 Å². The summed E-state index contributed by atoms with van der Waals surface area (Å²) in [6, 6.07) is 6.36. The molecule has 9 heteroatoms. The van der Waals surface area contributed by atoms with Gasteiger partial charge in [0.2, 0.25) is 0 Å². The third-order valence-electron chi connectivity index (χ3n) is 4.42. The van der Waals surface area contributed by atoms with Crippen molar-refractivity contribution in [2.45, 2.75) is 26.2 Å². The highest BCUT2D eigenvalue weighted by molar-refractivity contribution is 5.98. The number of carbonyl (C=O) groups is 1. The van der Waals surface area contributed by atoms with Crippen LogP contribution in [-0.2, 0) is 22.6 Å². The van der Waals surface area contributed by atoms with Crippen LogP contribution in [0, 0.1) is 12.7 Å². The standard InChI is InChI=1S/C19H16F4N2O3/c1-11-18(12-3-6-16(26)24(8-12)10-19(21,22)23)14-7-13(20)4-5-15(14)25(11)9-17(27)28-2/h3-8H,9-10H2,1-2H3. The fourth-order valence-corrected chi connectivity index (χ4v) is 3.21. The molecule has 0 aliphatic heterocycles. The van der Waals surface area contributed by atoms with E-state index in [1.165, 1.54) is 31.4 Å². The second-order valence-electron chi connectivity index (χ2n) is 6.28. The molecule has 0 saturated heterocycles. The maximum Gasteiger partial charge on any atom is 0.406 e. The molecule has 5 nitrogen and oxygen atoms in total. The summed E-state index contributed by atoms with van der Waals surface area (Å²) in [6.07, 6.45) is -3.48. The Balaban J connectivity index is 2.24. The lowest BCUT2D eigenvalue weighted by atomic mass is 10.0. The van der Waals surface area contributed by atoms with Gasteiger partial charge in [0.15, 0.2) is 0 Å². The van der Waals surface area contributed by atoms with E-state index in [1.54, 1.807) is 11.5 Å². The zero-order valence-corrected chi connectivity index (χ0v) is 15.0. The zero-order chi connectivity index (χ0) is 20.6. The summed E-state index contributed by atoms with van der Waals surface area (Å²) in [5.74, 6) is -1.06. The van der Waals surface area contributed by atoms with Crippen LogP contribution in [0.1, 0.15) is 5.69 Å². The van der Waals surface area contributed by atoms with E-state index in [4.69, 9.17) is 0 Å². The molecule has 0 radical (unpaired) electrons. The number of benzene rings is 1. The summed E-state index contributed by atoms with van der Waals surface area (Å²) in [5, 5.41) is 0.415. The van der Waals surface area contributed by atoms with Gasteiger partial charge in [-0.2, -0.15) is 13.2 Å². The van der Waals surface area contributed by atoms with Crippen molar-refractivity contribution < 1.29 is 27.1 Å². The van der Waals surface area contributed by atoms with E-state index >= 15 is 0 Å². The first-order chi connectivity index (χ1) is 13.1. The van der Waals surface area contributed by atoms with E-state index < -0.39 is 30.1 Å². The van der Waals surface area contributed by atoms with Crippen molar-refractivity contribution in [3.63, 3.8) is 0 Å². The Morgan fingerprint density at radius 1 is 1.18 bits per heavy atom. The van der Waals surface area contributed by atoms with Crippen molar-refractivity contribution in [1.82, 2.24) is 9.13 Å². The molecule has 28 heavy (non-hydrogen) atoms. The Hall–Kier alpha value is -3.10. The number of carbonyl (C=O) groups excluding carboxylic acids is 1. The smallest absolute Gasteiger partial charge is 0.406 e. The summed E-state index contributed by atoms with van der Waals surface area (Å²) < 4.78 is 59.0. The highest BCUT2D eigenvalue weighted by Crippen LogP contribution is 2.35. The first-order valence-corrected chi connectivity index (χ1v) is 8.23. The predicted octanol–water partition coefficient (Wildman–Crippen LogP) is 3.65. The van der Waals surface area contributed by atoms with Gasteiger partial charge in [-0.05, 0) is 31.2 Å². The Bertz CT molecular complexity index is 1110. The second kappa shape index (κ2) is 7.14. The van der Waals surface area contributed by atoms with Gasteiger partial charge in [-0.1, -0.05) is 0 Å². The number of hydrogen-bond donors (Lipinski definition) is 0. The second-order valence-corrected chi connectivity index (χ2v) is 6.28. The van der Waals surface area contributed by atoms with Crippen LogP contribution in [0.15, 0.2) is 41.3 Å². The molecule has 148 valence electrons. The molecule has 0 amide bonds. The number of fused-ring (bicyclic) bond motifs is 1. The Morgan fingerprint density at radius 2 is 1.89 bits per heavy atom. The van der Waals surface area contributed by atoms with Crippen molar-refractivity contribution in [1.29, 1.82) is 0 Å². The van der Waals surface area contributed by atoms with Crippen molar-refractivity contribution >= 4 is 16.9 Å². The molecule has 3 rings (SSSR count). The minimum atomic E-state index is -4.57. The third kappa shape index (κ3) is 3.78. The fraction of sp³-hybridized carbons (Fsp3) is 0.263. The predicted molar refractivity (Wildman–Crippen MR) is 94.4 cm³/mol. The SMILES string of the molecule is COC(=O)Cn1c(C)c(-c2ccc(=O)n(CC(F)(F)F)c2)c2cc(F)ccc21. The molecular weight excluding hydrogens is 380 g/mol. The van der Waals surface area contributed by atoms with Gasteiger partial charge >= 0.3 is 12.1 Å². The Labute approximate surface area is 156 Å². The van der Waals surface area contributed by atoms with E-state index in [0.717, 1.165) is 12.3 Å². The summed E-state index contributed by atoms with van der Waals surface area (Å²) in [5.41, 5.74) is 0.995. The first kappa shape index (κ1) is 19.7. The van der Waals surface area contributed by atoms with E-state index in [-0.39, 0.29) is 6.54 Å². The number of pyridine rings is 1. The molecule has 2 aromatic heterocycles. The van der Waals surface area contributed by atoms with Gasteiger partial charge in [-0.15, -0.1) is 0 Å². The van der Waals surface area contributed by atoms with Gasteiger partial charge in [-0.25, -0.2) is 4.39 Å². The quantitative estimate of drug-likeness (QED) is 0.500. The third-order valence-corrected chi connectivity index (χ3v) is 4.42. The molecular formula is C19H16F4N2O3. The number of aromatic nitrogens is 2. The van der Waals surface area contributed by atoms with Crippen LogP contribution in [0.4, 0.5) is 17.6 Å². The fourth-order valence-electron chi connectivity index (χ4n) is 3.21. The number of ether oxygens (including phenoxy) is 1. The number of hydrogen-bond acceptors (Lipinski definition) is 3. The summed E-state index contributed by atoms with van der Waals surface area (Å²) in [4.78, 5) is 23.6. The maximum absolute atomic E-state index is 13.9. The molecule has 0 fully saturated rings. The normalized spacial score (nSPS) is 11.8. The molecule has 0 N–H and O–H groups in total. The van der Waals surface area contributed by atoms with Crippen LogP contribution < -0.4 is 5.56 Å². The van der Waals surface area contributed by atoms with Crippen LogP contribution in [0.5, 0.6) is 0 Å². The van der Waals surface area contributed by atoms with E-state index in [2.05, 4.69) is 4.74 Å². The lowest BCUT2D eigenvalue weighted by Crippen LogP contribution is -2.27. The van der Waals surface area contributed by atoms with Gasteiger partial charge in [0.05, 0.1) is 7.11 Å². The lowest BCUT2D eigenvalue weighted by molar-refractivity contribution is -0.142. The number of nitrogens with zero attached hydrogens (tertiary/aromatic N) is 2. The molecule has 0 spiro atoms. The Kier molecular flexibility index (Phi) is 5.01. The van der Waals surface area contributed by atoms with Gasteiger partial charge < -0.3 is 13.9 Å². The highest BCUT2D eigenvalue weighted by Gasteiger charge is 2.28. The minimum absolute atomic E-state index is 0.146. The van der Waals surface area contributed by atoms with E-state index in [0.29, 0.717) is 32.3 Å². The molecule has 0 unspecified atom stereocenters. The summed E-state index contributed by atoms with van der Waals surface area (Å²) in [7, 11) is 1.23. The maximum atomic E-state index is 13.9. The molecule has 0 saturated carbocycles. The zero-order valence-electron chi connectivity index (χ0n) is 15.0. The van der Waals surface area contributed by atoms with Crippen LogP contribution in [0.25, 0.3) is 22.0 Å². The minimum Gasteiger partial charge on any atom is -0.468 e. The molecule has 0 aliphatic rings. The first-order valence-electron chi connectivity index (χ1n) is 8.23. The van der Waals surface area contributed by atoms with E-state index in [1.807, 2.05) is 0 Å². The largest absolute Gasteiger partial charge is 0.468 e. The van der Waals surface area contributed by atoms with Crippen LogP contribution >= 0.6 is 0 Å². The highest BCUT2D eigenvalue weighted by atomic mass is 19.4. The van der Waals surface area contributed by atoms with E-state index in [9.17, 15) is 27.2 Å². The number of esters is 1. The van der Waals surface area contributed by atoms with Gasteiger partial charge in [0.1, 0.15) is 18.9 Å². The molecule has 1 aromatic carbocycles. The lowest BCUT2D eigenvalue weighted by Gasteiger charge is -2.11. The number of methoxy groups -OCH3 is 1. The Morgan fingerprint density at radius 3 is 2.54 bits per heavy atom. The number of rotatable bonds is 4. The molecule has 0 aliphatic carbocycles. The number of halogens is 4. The van der Waals surface area contributed by atoms with Crippen LogP contribution in [0.2, 0.25) is 0 Å². The topological polar surface area (TPSA) is 53.2 Å².